The minimum Gasteiger partial charge on any atom is -0.381 e. The van der Waals surface area contributed by atoms with Crippen molar-refractivity contribution in [2.24, 2.45) is 0 Å². The molecule has 1 fully saturated rings. The average Bonchev–Trinajstić information content (AvgIpc) is 2.50. The minimum absolute atomic E-state index is 0.275. The van der Waals surface area contributed by atoms with E-state index in [2.05, 4.69) is 10.3 Å². The van der Waals surface area contributed by atoms with Gasteiger partial charge in [-0.05, 0) is 31.4 Å². The number of pyridine rings is 1. The Hall–Kier alpha value is -1.16. The summed E-state index contributed by atoms with van der Waals surface area (Å²) in [7, 11) is 0. The van der Waals surface area contributed by atoms with E-state index in [0.29, 0.717) is 5.82 Å². The minimum atomic E-state index is -0.289. The van der Waals surface area contributed by atoms with Crippen LogP contribution < -0.4 is 5.32 Å². The summed E-state index contributed by atoms with van der Waals surface area (Å²) in [6.07, 6.45) is 4.54. The van der Waals surface area contributed by atoms with Gasteiger partial charge in [0.25, 0.3) is 0 Å². The van der Waals surface area contributed by atoms with Gasteiger partial charge in [-0.15, -0.1) is 0 Å². The molecular formula is C11H15FN2O. The second kappa shape index (κ2) is 5.07. The summed E-state index contributed by atoms with van der Waals surface area (Å²) in [6.45, 7) is 1.55. The van der Waals surface area contributed by atoms with Crippen molar-refractivity contribution >= 4 is 5.82 Å². The molecule has 0 aliphatic carbocycles. The van der Waals surface area contributed by atoms with Crippen LogP contribution in [0, 0.1) is 5.82 Å². The second-order valence-corrected chi connectivity index (χ2v) is 3.72. The van der Waals surface area contributed by atoms with Gasteiger partial charge in [0, 0.05) is 25.5 Å². The van der Waals surface area contributed by atoms with E-state index in [1.165, 1.54) is 6.07 Å². The van der Waals surface area contributed by atoms with Gasteiger partial charge in [0.15, 0.2) is 11.6 Å². The molecule has 1 aromatic rings. The van der Waals surface area contributed by atoms with Gasteiger partial charge in [-0.3, -0.25) is 0 Å². The Morgan fingerprint density at radius 3 is 3.20 bits per heavy atom. The topological polar surface area (TPSA) is 34.2 Å². The number of nitrogens with one attached hydrogen (secondary N) is 1. The monoisotopic (exact) mass is 210 g/mol. The lowest BCUT2D eigenvalue weighted by Crippen LogP contribution is -2.21. The van der Waals surface area contributed by atoms with Crippen molar-refractivity contribution < 1.29 is 9.13 Å². The standard InChI is InChI=1S/C11H15FN2O/c12-10-4-1-6-13-11(10)14-9-3-2-7-15-8-5-9/h1,4,6,9H,2-3,5,7-8H2,(H,13,14)/t9-/m1/s1. The molecule has 4 heteroatoms. The molecule has 0 amide bonds. The first kappa shape index (κ1) is 10.4. The molecule has 0 radical (unpaired) electrons. The molecule has 0 saturated carbocycles. The SMILES string of the molecule is Fc1cccnc1N[C@@H]1CCCOCC1. The maximum absolute atomic E-state index is 13.3. The summed E-state index contributed by atoms with van der Waals surface area (Å²) in [5, 5.41) is 3.12. The van der Waals surface area contributed by atoms with Gasteiger partial charge in [0.2, 0.25) is 0 Å². The van der Waals surface area contributed by atoms with Crippen molar-refractivity contribution in [2.75, 3.05) is 18.5 Å². The molecule has 1 aliphatic heterocycles. The van der Waals surface area contributed by atoms with Gasteiger partial charge in [0.05, 0.1) is 0 Å². The normalized spacial score (nSPS) is 22.1. The maximum Gasteiger partial charge on any atom is 0.165 e. The maximum atomic E-state index is 13.3. The van der Waals surface area contributed by atoms with Crippen LogP contribution in [-0.2, 0) is 4.74 Å². The lowest BCUT2D eigenvalue weighted by molar-refractivity contribution is 0.144. The number of halogens is 1. The van der Waals surface area contributed by atoms with Crippen LogP contribution in [0.15, 0.2) is 18.3 Å². The van der Waals surface area contributed by atoms with Crippen LogP contribution in [0.4, 0.5) is 10.2 Å². The van der Waals surface area contributed by atoms with Gasteiger partial charge in [-0.25, -0.2) is 9.37 Å². The van der Waals surface area contributed by atoms with E-state index < -0.39 is 0 Å². The molecule has 0 spiro atoms. The number of aromatic nitrogens is 1. The number of hydrogen-bond acceptors (Lipinski definition) is 3. The smallest absolute Gasteiger partial charge is 0.165 e. The van der Waals surface area contributed by atoms with Crippen LogP contribution in [0.1, 0.15) is 19.3 Å². The average molecular weight is 210 g/mol. The van der Waals surface area contributed by atoms with E-state index in [0.717, 1.165) is 32.5 Å². The van der Waals surface area contributed by atoms with Gasteiger partial charge in [-0.1, -0.05) is 0 Å². The van der Waals surface area contributed by atoms with E-state index in [9.17, 15) is 4.39 Å². The number of hydrogen-bond donors (Lipinski definition) is 1. The highest BCUT2D eigenvalue weighted by molar-refractivity contribution is 5.36. The van der Waals surface area contributed by atoms with Crippen LogP contribution in [0.2, 0.25) is 0 Å². The molecule has 0 unspecified atom stereocenters. The predicted molar refractivity (Wildman–Crippen MR) is 56.3 cm³/mol. The molecule has 0 bridgehead atoms. The summed E-state index contributed by atoms with van der Waals surface area (Å²) in [5.74, 6) is 0.0621. The fourth-order valence-electron chi connectivity index (χ4n) is 1.73. The molecule has 0 aromatic carbocycles. The van der Waals surface area contributed by atoms with E-state index in [-0.39, 0.29) is 11.9 Å². The number of anilines is 1. The van der Waals surface area contributed by atoms with Crippen LogP contribution in [-0.4, -0.2) is 24.2 Å². The van der Waals surface area contributed by atoms with E-state index in [1.807, 2.05) is 0 Å². The summed E-state index contributed by atoms with van der Waals surface area (Å²) in [4.78, 5) is 3.98. The third-order valence-electron chi connectivity index (χ3n) is 2.55. The van der Waals surface area contributed by atoms with Gasteiger partial charge in [-0.2, -0.15) is 0 Å². The van der Waals surface area contributed by atoms with Crippen molar-refractivity contribution in [2.45, 2.75) is 25.3 Å². The zero-order valence-corrected chi connectivity index (χ0v) is 8.58. The molecule has 1 aromatic heterocycles. The largest absolute Gasteiger partial charge is 0.381 e. The quantitative estimate of drug-likeness (QED) is 0.812. The highest BCUT2D eigenvalue weighted by Crippen LogP contribution is 2.16. The van der Waals surface area contributed by atoms with Crippen LogP contribution in [0.3, 0.4) is 0 Å². The Morgan fingerprint density at radius 2 is 2.33 bits per heavy atom. The third kappa shape index (κ3) is 2.89. The summed E-state index contributed by atoms with van der Waals surface area (Å²) in [6, 6.07) is 3.29. The Bertz CT molecular complexity index is 311. The third-order valence-corrected chi connectivity index (χ3v) is 2.55. The van der Waals surface area contributed by atoms with Crippen molar-refractivity contribution in [3.8, 4) is 0 Å². The fraction of sp³-hybridized carbons (Fsp3) is 0.545. The molecule has 2 rings (SSSR count). The van der Waals surface area contributed by atoms with Crippen molar-refractivity contribution in [1.82, 2.24) is 4.98 Å². The lowest BCUT2D eigenvalue weighted by Gasteiger charge is -2.16. The molecule has 1 saturated heterocycles. The number of rotatable bonds is 2. The van der Waals surface area contributed by atoms with Gasteiger partial charge in [0.1, 0.15) is 0 Å². The van der Waals surface area contributed by atoms with Crippen molar-refractivity contribution in [3.63, 3.8) is 0 Å². The molecule has 2 heterocycles. The number of ether oxygens (including phenoxy) is 1. The Morgan fingerprint density at radius 1 is 1.40 bits per heavy atom. The highest BCUT2D eigenvalue weighted by Gasteiger charge is 2.14. The summed E-state index contributed by atoms with van der Waals surface area (Å²) >= 11 is 0. The van der Waals surface area contributed by atoms with Crippen LogP contribution in [0.5, 0.6) is 0 Å². The first-order chi connectivity index (χ1) is 7.36. The van der Waals surface area contributed by atoms with Gasteiger partial charge < -0.3 is 10.1 Å². The molecule has 1 N–H and O–H groups in total. The molecular weight excluding hydrogens is 195 g/mol. The first-order valence-electron chi connectivity index (χ1n) is 5.31. The molecule has 3 nitrogen and oxygen atoms in total. The van der Waals surface area contributed by atoms with E-state index >= 15 is 0 Å². The van der Waals surface area contributed by atoms with Crippen LogP contribution >= 0.6 is 0 Å². The highest BCUT2D eigenvalue weighted by atomic mass is 19.1. The lowest BCUT2D eigenvalue weighted by atomic mass is 10.1. The Labute approximate surface area is 88.7 Å². The predicted octanol–water partition coefficient (Wildman–Crippen LogP) is 2.20. The van der Waals surface area contributed by atoms with E-state index in [1.54, 1.807) is 12.3 Å². The van der Waals surface area contributed by atoms with Crippen molar-refractivity contribution in [1.29, 1.82) is 0 Å². The second-order valence-electron chi connectivity index (χ2n) is 3.72. The summed E-state index contributed by atoms with van der Waals surface area (Å²) in [5.41, 5.74) is 0. The molecule has 82 valence electrons. The van der Waals surface area contributed by atoms with E-state index in [4.69, 9.17) is 4.74 Å². The summed E-state index contributed by atoms with van der Waals surface area (Å²) < 4.78 is 18.6. The molecule has 1 atom stereocenters. The fourth-order valence-corrected chi connectivity index (χ4v) is 1.73. The Kier molecular flexibility index (Phi) is 3.50. The zero-order valence-electron chi connectivity index (χ0n) is 8.58. The molecule has 1 aliphatic rings. The number of nitrogens with zero attached hydrogens (tertiary/aromatic N) is 1. The first-order valence-corrected chi connectivity index (χ1v) is 5.31. The molecule has 15 heavy (non-hydrogen) atoms. The van der Waals surface area contributed by atoms with Crippen LogP contribution in [0.25, 0.3) is 0 Å². The van der Waals surface area contributed by atoms with Crippen molar-refractivity contribution in [3.05, 3.63) is 24.1 Å². The van der Waals surface area contributed by atoms with Gasteiger partial charge >= 0.3 is 0 Å². The Balaban J connectivity index is 1.98. The zero-order chi connectivity index (χ0) is 10.5.